The molecular formula is C22H27Cl2N3O3S. The number of piperidine rings is 1. The fourth-order valence-electron chi connectivity index (χ4n) is 3.78. The highest BCUT2D eigenvalue weighted by Crippen LogP contribution is 2.33. The van der Waals surface area contributed by atoms with Crippen molar-refractivity contribution in [2.24, 2.45) is 5.92 Å². The van der Waals surface area contributed by atoms with Crippen LogP contribution in [0.1, 0.15) is 35.7 Å². The van der Waals surface area contributed by atoms with Gasteiger partial charge in [-0.15, -0.1) is 0 Å². The zero-order chi connectivity index (χ0) is 22.8. The first kappa shape index (κ1) is 24.0. The Morgan fingerprint density at radius 1 is 1.13 bits per heavy atom. The Bertz CT molecular complexity index is 1070. The van der Waals surface area contributed by atoms with Crippen molar-refractivity contribution in [1.29, 1.82) is 0 Å². The lowest BCUT2D eigenvalue weighted by molar-refractivity contribution is 0.102. The topological polar surface area (TPSA) is 78.5 Å². The van der Waals surface area contributed by atoms with Gasteiger partial charge in [0.25, 0.3) is 5.91 Å². The lowest BCUT2D eigenvalue weighted by Gasteiger charge is -2.33. The zero-order valence-electron chi connectivity index (χ0n) is 17.8. The molecule has 2 aromatic carbocycles. The molecule has 1 aliphatic heterocycles. The molecule has 1 aliphatic rings. The van der Waals surface area contributed by atoms with Gasteiger partial charge < -0.3 is 10.2 Å². The lowest BCUT2D eigenvalue weighted by Crippen LogP contribution is -2.43. The molecule has 0 aromatic heterocycles. The molecule has 1 amide bonds. The number of amides is 1. The van der Waals surface area contributed by atoms with E-state index in [4.69, 9.17) is 23.2 Å². The van der Waals surface area contributed by atoms with E-state index in [-0.39, 0.29) is 38.5 Å². The molecule has 0 bridgehead atoms. The van der Waals surface area contributed by atoms with Crippen LogP contribution < -0.4 is 10.0 Å². The van der Waals surface area contributed by atoms with E-state index in [1.807, 2.05) is 26.0 Å². The SMILES string of the molecule is Cc1ccccc1C(=O)Nc1cc(Cl)c(S(=O)(=O)N[C@H](C)C2CCN(C)CC2)cc1Cl. The van der Waals surface area contributed by atoms with E-state index in [1.54, 1.807) is 12.1 Å². The summed E-state index contributed by atoms with van der Waals surface area (Å²) in [5, 5.41) is 2.80. The van der Waals surface area contributed by atoms with Crippen LogP contribution in [0.5, 0.6) is 0 Å². The van der Waals surface area contributed by atoms with E-state index < -0.39 is 10.0 Å². The van der Waals surface area contributed by atoms with Crippen molar-refractivity contribution in [3.8, 4) is 0 Å². The molecule has 1 fully saturated rings. The van der Waals surface area contributed by atoms with Crippen LogP contribution in [0.15, 0.2) is 41.3 Å². The molecule has 2 aromatic rings. The summed E-state index contributed by atoms with van der Waals surface area (Å²) in [5.41, 5.74) is 1.57. The minimum absolute atomic E-state index is 0.00689. The van der Waals surface area contributed by atoms with Crippen molar-refractivity contribution < 1.29 is 13.2 Å². The van der Waals surface area contributed by atoms with Crippen LogP contribution in [-0.2, 0) is 10.0 Å². The molecule has 1 heterocycles. The molecular weight excluding hydrogens is 457 g/mol. The highest BCUT2D eigenvalue weighted by molar-refractivity contribution is 7.89. The molecule has 3 rings (SSSR count). The summed E-state index contributed by atoms with van der Waals surface area (Å²) in [6, 6.07) is 9.56. The molecule has 0 radical (unpaired) electrons. The number of carbonyl (C=O) groups is 1. The Morgan fingerprint density at radius 2 is 1.77 bits per heavy atom. The number of nitrogens with one attached hydrogen (secondary N) is 2. The van der Waals surface area contributed by atoms with Crippen molar-refractivity contribution in [2.45, 2.75) is 37.6 Å². The van der Waals surface area contributed by atoms with Gasteiger partial charge in [0, 0.05) is 11.6 Å². The minimum Gasteiger partial charge on any atom is -0.321 e. The number of hydrogen-bond acceptors (Lipinski definition) is 4. The summed E-state index contributed by atoms with van der Waals surface area (Å²) in [6.45, 7) is 5.59. The smallest absolute Gasteiger partial charge is 0.255 e. The number of anilines is 1. The van der Waals surface area contributed by atoms with Gasteiger partial charge in [-0.05, 0) is 76.5 Å². The summed E-state index contributed by atoms with van der Waals surface area (Å²) in [6.07, 6.45) is 1.86. The number of nitrogens with zero attached hydrogens (tertiary/aromatic N) is 1. The fraction of sp³-hybridized carbons (Fsp3) is 0.409. The van der Waals surface area contributed by atoms with Gasteiger partial charge in [0.1, 0.15) is 4.90 Å². The van der Waals surface area contributed by atoms with E-state index in [0.717, 1.165) is 31.5 Å². The van der Waals surface area contributed by atoms with Gasteiger partial charge in [0.05, 0.1) is 15.7 Å². The van der Waals surface area contributed by atoms with Gasteiger partial charge in [0.2, 0.25) is 10.0 Å². The molecule has 1 saturated heterocycles. The molecule has 1 atom stereocenters. The fourth-order valence-corrected chi connectivity index (χ4v) is 5.92. The first-order valence-electron chi connectivity index (χ1n) is 10.2. The second-order valence-electron chi connectivity index (χ2n) is 8.08. The van der Waals surface area contributed by atoms with E-state index in [2.05, 4.69) is 22.0 Å². The molecule has 0 aliphatic carbocycles. The molecule has 2 N–H and O–H groups in total. The zero-order valence-corrected chi connectivity index (χ0v) is 20.1. The summed E-state index contributed by atoms with van der Waals surface area (Å²) in [7, 11) is -1.81. The lowest BCUT2D eigenvalue weighted by atomic mass is 9.91. The van der Waals surface area contributed by atoms with E-state index in [0.29, 0.717) is 5.56 Å². The summed E-state index contributed by atoms with van der Waals surface area (Å²) >= 11 is 12.6. The third-order valence-electron chi connectivity index (χ3n) is 5.76. The Balaban J connectivity index is 1.77. The first-order valence-corrected chi connectivity index (χ1v) is 12.4. The van der Waals surface area contributed by atoms with Crippen molar-refractivity contribution >= 4 is 44.8 Å². The molecule has 6 nitrogen and oxygen atoms in total. The average molecular weight is 484 g/mol. The average Bonchev–Trinajstić information content (AvgIpc) is 2.70. The highest BCUT2D eigenvalue weighted by Gasteiger charge is 2.28. The van der Waals surface area contributed by atoms with Gasteiger partial charge in [-0.3, -0.25) is 4.79 Å². The number of sulfonamides is 1. The van der Waals surface area contributed by atoms with Crippen LogP contribution in [0.4, 0.5) is 5.69 Å². The highest BCUT2D eigenvalue weighted by atomic mass is 35.5. The van der Waals surface area contributed by atoms with Crippen molar-refractivity contribution in [1.82, 2.24) is 9.62 Å². The second kappa shape index (κ2) is 9.88. The van der Waals surface area contributed by atoms with Crippen LogP contribution in [0.25, 0.3) is 0 Å². The van der Waals surface area contributed by atoms with Crippen molar-refractivity contribution in [3.63, 3.8) is 0 Å². The molecule has 0 unspecified atom stereocenters. The van der Waals surface area contributed by atoms with Crippen LogP contribution in [-0.4, -0.2) is 45.4 Å². The largest absolute Gasteiger partial charge is 0.321 e. The molecule has 9 heteroatoms. The quantitative estimate of drug-likeness (QED) is 0.630. The molecule has 0 saturated carbocycles. The monoisotopic (exact) mass is 483 g/mol. The summed E-state index contributed by atoms with van der Waals surface area (Å²) in [4.78, 5) is 14.7. The molecule has 168 valence electrons. The normalized spacial score (nSPS) is 16.8. The molecule has 31 heavy (non-hydrogen) atoms. The number of halogens is 2. The Hall–Kier alpha value is -1.64. The Kier molecular flexibility index (Phi) is 7.65. The predicted molar refractivity (Wildman–Crippen MR) is 126 cm³/mol. The van der Waals surface area contributed by atoms with E-state index >= 15 is 0 Å². The Morgan fingerprint density at radius 3 is 2.42 bits per heavy atom. The third-order valence-corrected chi connectivity index (χ3v) is 8.10. The standard InChI is InChI=1S/C22H27Cl2N3O3S/c1-14-6-4-5-7-17(14)22(28)25-20-12-19(24)21(13-18(20)23)31(29,30)26-15(2)16-8-10-27(3)11-9-16/h4-7,12-13,15-16,26H,8-11H2,1-3H3,(H,25,28)/t15-/m1/s1. The first-order chi connectivity index (χ1) is 14.6. The van der Waals surface area contributed by atoms with Crippen LogP contribution in [0.3, 0.4) is 0 Å². The van der Waals surface area contributed by atoms with Crippen molar-refractivity contribution in [3.05, 3.63) is 57.6 Å². The Labute approximate surface area is 194 Å². The summed E-state index contributed by atoms with van der Waals surface area (Å²) in [5.74, 6) is -0.0893. The number of rotatable bonds is 6. The van der Waals surface area contributed by atoms with Gasteiger partial charge in [-0.25, -0.2) is 13.1 Å². The van der Waals surface area contributed by atoms with E-state index in [9.17, 15) is 13.2 Å². The number of benzene rings is 2. The second-order valence-corrected chi connectivity index (χ2v) is 10.6. The third kappa shape index (κ3) is 5.79. The van der Waals surface area contributed by atoms with Crippen LogP contribution in [0, 0.1) is 12.8 Å². The van der Waals surface area contributed by atoms with Gasteiger partial charge in [-0.1, -0.05) is 41.4 Å². The number of hydrogen-bond donors (Lipinski definition) is 2. The number of likely N-dealkylation sites (tertiary alicyclic amines) is 1. The minimum atomic E-state index is -3.87. The number of carbonyl (C=O) groups excluding carboxylic acids is 1. The summed E-state index contributed by atoms with van der Waals surface area (Å²) < 4.78 is 28.7. The number of aryl methyl sites for hydroxylation is 1. The predicted octanol–water partition coefficient (Wildman–Crippen LogP) is 4.56. The van der Waals surface area contributed by atoms with Crippen LogP contribution >= 0.6 is 23.2 Å². The molecule has 0 spiro atoms. The van der Waals surface area contributed by atoms with Gasteiger partial charge in [-0.2, -0.15) is 0 Å². The maximum absolute atomic E-state index is 13.0. The van der Waals surface area contributed by atoms with Gasteiger partial charge in [0.15, 0.2) is 0 Å². The van der Waals surface area contributed by atoms with Crippen molar-refractivity contribution in [2.75, 3.05) is 25.5 Å². The maximum atomic E-state index is 13.0. The van der Waals surface area contributed by atoms with Crippen LogP contribution in [0.2, 0.25) is 10.0 Å². The maximum Gasteiger partial charge on any atom is 0.255 e. The van der Waals surface area contributed by atoms with Gasteiger partial charge >= 0.3 is 0 Å². The van der Waals surface area contributed by atoms with E-state index in [1.165, 1.54) is 12.1 Å².